The molecule has 0 saturated heterocycles. The lowest BCUT2D eigenvalue weighted by atomic mass is 10.1. The first kappa shape index (κ1) is 12.3. The smallest absolute Gasteiger partial charge is 0.267 e. The number of hydrogen-bond donors (Lipinski definition) is 0. The lowest BCUT2D eigenvalue weighted by molar-refractivity contribution is 0.0970. The van der Waals surface area contributed by atoms with E-state index in [9.17, 15) is 9.59 Å². The second kappa shape index (κ2) is 4.73. The van der Waals surface area contributed by atoms with Crippen molar-refractivity contribution in [1.82, 2.24) is 14.7 Å². The van der Waals surface area contributed by atoms with E-state index in [1.807, 2.05) is 6.07 Å². The third kappa shape index (κ3) is 2.01. The molecule has 20 heavy (non-hydrogen) atoms. The van der Waals surface area contributed by atoms with Crippen LogP contribution >= 0.6 is 0 Å². The zero-order valence-corrected chi connectivity index (χ0v) is 10.7. The molecule has 0 aliphatic rings. The summed E-state index contributed by atoms with van der Waals surface area (Å²) in [7, 11) is 0. The van der Waals surface area contributed by atoms with Crippen molar-refractivity contribution in [3.05, 3.63) is 58.3 Å². The minimum atomic E-state index is -0.321. The number of aromatic nitrogens is 3. The SMILES string of the molecule is Cc1noc2ncn(CC(=O)c3ccccc3)c(=O)c12. The lowest BCUT2D eigenvalue weighted by Crippen LogP contribution is -2.24. The van der Waals surface area contributed by atoms with Crippen LogP contribution < -0.4 is 5.56 Å². The first-order valence-electron chi connectivity index (χ1n) is 6.06. The molecule has 0 radical (unpaired) electrons. The zero-order chi connectivity index (χ0) is 14.1. The van der Waals surface area contributed by atoms with E-state index in [0.29, 0.717) is 16.6 Å². The van der Waals surface area contributed by atoms with Gasteiger partial charge in [-0.25, -0.2) is 4.98 Å². The molecule has 3 aromatic rings. The Kier molecular flexibility index (Phi) is 2.90. The number of benzene rings is 1. The molecule has 0 aliphatic heterocycles. The second-order valence-corrected chi connectivity index (χ2v) is 4.41. The first-order valence-corrected chi connectivity index (χ1v) is 6.06. The number of aryl methyl sites for hydroxylation is 1. The van der Waals surface area contributed by atoms with Gasteiger partial charge in [-0.05, 0) is 6.92 Å². The third-order valence-electron chi connectivity index (χ3n) is 3.04. The number of carbonyl (C=O) groups is 1. The molecule has 3 rings (SSSR count). The number of Topliss-reactive ketones (excluding diaryl/α,β-unsaturated/α-hetero) is 1. The normalized spacial score (nSPS) is 10.8. The van der Waals surface area contributed by atoms with Crippen molar-refractivity contribution in [3.8, 4) is 0 Å². The molecule has 0 unspecified atom stereocenters. The predicted molar refractivity (Wildman–Crippen MR) is 71.6 cm³/mol. The number of fused-ring (bicyclic) bond motifs is 1. The summed E-state index contributed by atoms with van der Waals surface area (Å²) in [5.74, 6) is -0.150. The summed E-state index contributed by atoms with van der Waals surface area (Å²) in [6.45, 7) is 1.61. The van der Waals surface area contributed by atoms with E-state index in [4.69, 9.17) is 4.52 Å². The van der Waals surface area contributed by atoms with Gasteiger partial charge in [-0.3, -0.25) is 14.2 Å². The molecule has 0 saturated carbocycles. The molecule has 0 bridgehead atoms. The van der Waals surface area contributed by atoms with Gasteiger partial charge in [-0.2, -0.15) is 0 Å². The van der Waals surface area contributed by atoms with Gasteiger partial charge in [0.05, 0.1) is 12.2 Å². The molecule has 0 N–H and O–H groups in total. The van der Waals surface area contributed by atoms with Gasteiger partial charge in [0.1, 0.15) is 11.7 Å². The van der Waals surface area contributed by atoms with Crippen molar-refractivity contribution in [2.24, 2.45) is 0 Å². The first-order chi connectivity index (χ1) is 9.66. The van der Waals surface area contributed by atoms with E-state index in [0.717, 1.165) is 0 Å². The molecular weight excluding hydrogens is 258 g/mol. The number of hydrogen-bond acceptors (Lipinski definition) is 5. The van der Waals surface area contributed by atoms with E-state index in [1.54, 1.807) is 31.2 Å². The van der Waals surface area contributed by atoms with Crippen LogP contribution in [-0.4, -0.2) is 20.5 Å². The van der Waals surface area contributed by atoms with Crippen molar-refractivity contribution in [3.63, 3.8) is 0 Å². The maximum Gasteiger partial charge on any atom is 0.267 e. The van der Waals surface area contributed by atoms with Crippen molar-refractivity contribution in [2.45, 2.75) is 13.5 Å². The Bertz CT molecular complexity index is 834. The Labute approximate surface area is 113 Å². The average molecular weight is 269 g/mol. The van der Waals surface area contributed by atoms with Crippen LogP contribution in [0.1, 0.15) is 16.1 Å². The fourth-order valence-corrected chi connectivity index (χ4v) is 1.99. The lowest BCUT2D eigenvalue weighted by Gasteiger charge is -2.04. The summed E-state index contributed by atoms with van der Waals surface area (Å²) >= 11 is 0. The van der Waals surface area contributed by atoms with Gasteiger partial charge in [-0.15, -0.1) is 0 Å². The van der Waals surface area contributed by atoms with E-state index in [1.165, 1.54) is 10.9 Å². The quantitative estimate of drug-likeness (QED) is 0.674. The highest BCUT2D eigenvalue weighted by molar-refractivity contribution is 5.95. The van der Waals surface area contributed by atoms with E-state index < -0.39 is 0 Å². The van der Waals surface area contributed by atoms with Gasteiger partial charge in [0, 0.05) is 5.56 Å². The second-order valence-electron chi connectivity index (χ2n) is 4.41. The zero-order valence-electron chi connectivity index (χ0n) is 10.7. The van der Waals surface area contributed by atoms with E-state index in [-0.39, 0.29) is 23.6 Å². The molecule has 1 aromatic carbocycles. The van der Waals surface area contributed by atoms with Crippen LogP contribution in [0, 0.1) is 6.92 Å². The van der Waals surface area contributed by atoms with Crippen LogP contribution in [0.25, 0.3) is 11.1 Å². The van der Waals surface area contributed by atoms with Gasteiger partial charge in [0.2, 0.25) is 0 Å². The molecule has 6 heteroatoms. The summed E-state index contributed by atoms with van der Waals surface area (Å²) in [6.07, 6.45) is 1.30. The largest absolute Gasteiger partial charge is 0.335 e. The van der Waals surface area contributed by atoms with Gasteiger partial charge in [-0.1, -0.05) is 35.5 Å². The standard InChI is InChI=1S/C14H11N3O3/c1-9-12-13(20-16-9)15-8-17(14(12)19)7-11(18)10-5-3-2-4-6-10/h2-6,8H,7H2,1H3. The highest BCUT2D eigenvalue weighted by atomic mass is 16.5. The van der Waals surface area contributed by atoms with Crippen molar-refractivity contribution >= 4 is 16.9 Å². The number of nitrogens with zero attached hydrogens (tertiary/aromatic N) is 3. The van der Waals surface area contributed by atoms with Crippen LogP contribution in [0.5, 0.6) is 0 Å². The molecule has 2 aromatic heterocycles. The minimum Gasteiger partial charge on any atom is -0.335 e. The Morgan fingerprint density at radius 1 is 1.30 bits per heavy atom. The highest BCUT2D eigenvalue weighted by Crippen LogP contribution is 2.10. The molecule has 2 heterocycles. The maximum absolute atomic E-state index is 12.2. The summed E-state index contributed by atoms with van der Waals surface area (Å²) in [6, 6.07) is 8.81. The van der Waals surface area contributed by atoms with Crippen molar-refractivity contribution in [2.75, 3.05) is 0 Å². The molecule has 0 amide bonds. The molecule has 0 atom stereocenters. The Balaban J connectivity index is 2.00. The molecule has 0 fully saturated rings. The number of carbonyl (C=O) groups excluding carboxylic acids is 1. The topological polar surface area (TPSA) is 78.0 Å². The molecule has 0 aliphatic carbocycles. The Morgan fingerprint density at radius 2 is 2.05 bits per heavy atom. The van der Waals surface area contributed by atoms with Crippen molar-refractivity contribution < 1.29 is 9.32 Å². The Morgan fingerprint density at radius 3 is 2.80 bits per heavy atom. The summed E-state index contributed by atoms with van der Waals surface area (Å²) < 4.78 is 6.18. The molecule has 0 spiro atoms. The van der Waals surface area contributed by atoms with Crippen LogP contribution in [0.3, 0.4) is 0 Å². The molecular formula is C14H11N3O3. The minimum absolute atomic E-state index is 0.0591. The summed E-state index contributed by atoms with van der Waals surface area (Å²) in [5.41, 5.74) is 0.898. The van der Waals surface area contributed by atoms with Crippen LogP contribution in [-0.2, 0) is 6.54 Å². The molecule has 100 valence electrons. The van der Waals surface area contributed by atoms with Gasteiger partial charge >= 0.3 is 0 Å². The summed E-state index contributed by atoms with van der Waals surface area (Å²) in [4.78, 5) is 28.3. The van der Waals surface area contributed by atoms with Crippen LogP contribution in [0.15, 0.2) is 46.0 Å². The van der Waals surface area contributed by atoms with Crippen LogP contribution in [0.2, 0.25) is 0 Å². The maximum atomic E-state index is 12.2. The fourth-order valence-electron chi connectivity index (χ4n) is 1.99. The fraction of sp³-hybridized carbons (Fsp3) is 0.143. The predicted octanol–water partition coefficient (Wildman–Crippen LogP) is 1.58. The van der Waals surface area contributed by atoms with Gasteiger partial charge < -0.3 is 4.52 Å². The molecule has 6 nitrogen and oxygen atoms in total. The highest BCUT2D eigenvalue weighted by Gasteiger charge is 2.14. The van der Waals surface area contributed by atoms with Gasteiger partial charge in [0.15, 0.2) is 5.78 Å². The summed E-state index contributed by atoms with van der Waals surface area (Å²) in [5, 5.41) is 4.01. The Hall–Kier alpha value is -2.76. The third-order valence-corrected chi connectivity index (χ3v) is 3.04. The number of ketones is 1. The van der Waals surface area contributed by atoms with Crippen LogP contribution in [0.4, 0.5) is 0 Å². The average Bonchev–Trinajstić information content (AvgIpc) is 2.85. The monoisotopic (exact) mass is 269 g/mol. The van der Waals surface area contributed by atoms with Gasteiger partial charge in [0.25, 0.3) is 11.3 Å². The van der Waals surface area contributed by atoms with E-state index >= 15 is 0 Å². The van der Waals surface area contributed by atoms with Crippen molar-refractivity contribution in [1.29, 1.82) is 0 Å². The van der Waals surface area contributed by atoms with E-state index in [2.05, 4.69) is 10.1 Å². The number of rotatable bonds is 3.